The predicted molar refractivity (Wildman–Crippen MR) is 79.2 cm³/mol. The minimum absolute atomic E-state index is 0.205. The zero-order valence-corrected chi connectivity index (χ0v) is 13.2. The zero-order valence-electron chi connectivity index (χ0n) is 12.4. The Hall–Kier alpha value is -0.620. The van der Waals surface area contributed by atoms with Gasteiger partial charge in [-0.05, 0) is 48.9 Å². The summed E-state index contributed by atoms with van der Waals surface area (Å²) in [6.07, 6.45) is 6.09. The van der Waals surface area contributed by atoms with Crippen molar-refractivity contribution in [3.8, 4) is 0 Å². The molecule has 1 N–H and O–H groups in total. The van der Waals surface area contributed by atoms with Gasteiger partial charge in [-0.1, -0.05) is 20.3 Å². The Kier molecular flexibility index (Phi) is 4.84. The first-order valence-corrected chi connectivity index (χ1v) is 8.33. The van der Waals surface area contributed by atoms with Crippen molar-refractivity contribution in [1.29, 1.82) is 0 Å². The van der Waals surface area contributed by atoms with Crippen LogP contribution in [-0.4, -0.2) is 37.8 Å². The molecule has 0 saturated heterocycles. The average Bonchev–Trinajstić information content (AvgIpc) is 2.78. The summed E-state index contributed by atoms with van der Waals surface area (Å²) < 4.78 is 2.36. The monoisotopic (exact) mass is 283 g/mol. The molecule has 1 saturated carbocycles. The van der Waals surface area contributed by atoms with Gasteiger partial charge in [0.25, 0.3) is 0 Å². The van der Waals surface area contributed by atoms with Crippen LogP contribution >= 0.6 is 11.8 Å². The Bertz CT molecular complexity index is 394. The van der Waals surface area contributed by atoms with E-state index >= 15 is 0 Å². The van der Waals surface area contributed by atoms with E-state index < -0.39 is 0 Å². The van der Waals surface area contributed by atoms with Crippen LogP contribution in [-0.2, 0) is 6.54 Å². The molecule has 0 radical (unpaired) electrons. The second-order valence-corrected chi connectivity index (χ2v) is 7.23. The third-order valence-electron chi connectivity index (χ3n) is 3.91. The number of thioether (sulfide) groups is 1. The molecule has 1 aliphatic rings. The third-order valence-corrected chi connectivity index (χ3v) is 5.32. The number of nitrogens with zero attached hydrogens (tertiary/aromatic N) is 4. The second kappa shape index (κ2) is 6.22. The van der Waals surface area contributed by atoms with Gasteiger partial charge in [0, 0.05) is 4.75 Å². The van der Waals surface area contributed by atoms with Crippen molar-refractivity contribution in [1.82, 2.24) is 25.5 Å². The summed E-state index contributed by atoms with van der Waals surface area (Å²) in [7, 11) is 0. The molecular formula is C13H25N5S. The molecule has 0 bridgehead atoms. The zero-order chi connectivity index (χ0) is 13.9. The summed E-state index contributed by atoms with van der Waals surface area (Å²) in [6, 6.07) is 0.205. The van der Waals surface area contributed by atoms with Crippen LogP contribution in [0.5, 0.6) is 0 Å². The average molecular weight is 283 g/mol. The third kappa shape index (κ3) is 3.48. The van der Waals surface area contributed by atoms with Crippen molar-refractivity contribution in [2.75, 3.05) is 12.8 Å². The highest BCUT2D eigenvalue weighted by molar-refractivity contribution is 8.00. The van der Waals surface area contributed by atoms with E-state index in [1.54, 1.807) is 0 Å². The smallest absolute Gasteiger partial charge is 0.167 e. The van der Waals surface area contributed by atoms with Crippen molar-refractivity contribution in [2.45, 2.75) is 57.4 Å². The lowest BCUT2D eigenvalue weighted by atomic mass is 9.84. The van der Waals surface area contributed by atoms with Crippen LogP contribution in [0.1, 0.15) is 51.9 Å². The Morgan fingerprint density at radius 2 is 2.11 bits per heavy atom. The van der Waals surface area contributed by atoms with E-state index in [-0.39, 0.29) is 6.04 Å². The van der Waals surface area contributed by atoms with E-state index in [0.717, 1.165) is 18.9 Å². The van der Waals surface area contributed by atoms with Crippen LogP contribution < -0.4 is 5.32 Å². The summed E-state index contributed by atoms with van der Waals surface area (Å²) >= 11 is 1.96. The molecule has 1 heterocycles. The van der Waals surface area contributed by atoms with Gasteiger partial charge in [-0.2, -0.15) is 11.8 Å². The van der Waals surface area contributed by atoms with Crippen LogP contribution in [0.3, 0.4) is 0 Å². The molecule has 1 aliphatic carbocycles. The van der Waals surface area contributed by atoms with Gasteiger partial charge in [0.1, 0.15) is 0 Å². The minimum Gasteiger partial charge on any atom is -0.307 e. The van der Waals surface area contributed by atoms with Gasteiger partial charge in [0.2, 0.25) is 0 Å². The van der Waals surface area contributed by atoms with Crippen molar-refractivity contribution in [3.63, 3.8) is 0 Å². The van der Waals surface area contributed by atoms with Gasteiger partial charge in [-0.15, -0.1) is 5.10 Å². The van der Waals surface area contributed by atoms with E-state index in [9.17, 15) is 0 Å². The van der Waals surface area contributed by atoms with Gasteiger partial charge in [-0.3, -0.25) is 0 Å². The van der Waals surface area contributed by atoms with Crippen molar-refractivity contribution in [2.24, 2.45) is 5.92 Å². The predicted octanol–water partition coefficient (Wildman–Crippen LogP) is 2.27. The Balaban J connectivity index is 2.00. The molecule has 1 fully saturated rings. The topological polar surface area (TPSA) is 55.6 Å². The standard InChI is InChI=1S/C13H25N5S/c1-10(2)8-14-11(3)12-15-16-17-18(12)9-13(19-4)6-5-7-13/h10-11,14H,5-9H2,1-4H3. The maximum atomic E-state index is 4.20. The lowest BCUT2D eigenvalue weighted by Crippen LogP contribution is -2.39. The molecule has 19 heavy (non-hydrogen) atoms. The van der Waals surface area contributed by atoms with E-state index in [0.29, 0.717) is 10.7 Å². The lowest BCUT2D eigenvalue weighted by Gasteiger charge is -2.40. The van der Waals surface area contributed by atoms with Gasteiger partial charge >= 0.3 is 0 Å². The number of hydrogen-bond acceptors (Lipinski definition) is 5. The first-order valence-electron chi connectivity index (χ1n) is 7.11. The minimum atomic E-state index is 0.205. The first-order chi connectivity index (χ1) is 9.06. The quantitative estimate of drug-likeness (QED) is 0.832. The molecule has 0 spiro atoms. The highest BCUT2D eigenvalue weighted by Gasteiger charge is 2.37. The molecule has 108 valence electrons. The Labute approximate surface area is 119 Å². The number of hydrogen-bond donors (Lipinski definition) is 1. The maximum Gasteiger partial charge on any atom is 0.167 e. The van der Waals surface area contributed by atoms with Crippen LogP contribution in [0.15, 0.2) is 0 Å². The summed E-state index contributed by atoms with van der Waals surface area (Å²) in [6.45, 7) is 8.47. The summed E-state index contributed by atoms with van der Waals surface area (Å²) in [4.78, 5) is 0. The Morgan fingerprint density at radius 3 is 2.63 bits per heavy atom. The fourth-order valence-electron chi connectivity index (χ4n) is 2.41. The fraction of sp³-hybridized carbons (Fsp3) is 0.923. The lowest BCUT2D eigenvalue weighted by molar-refractivity contribution is 0.299. The van der Waals surface area contributed by atoms with Crippen molar-refractivity contribution < 1.29 is 0 Å². The number of nitrogens with one attached hydrogen (secondary N) is 1. The summed E-state index contributed by atoms with van der Waals surface area (Å²) in [5, 5.41) is 15.7. The van der Waals surface area contributed by atoms with Crippen molar-refractivity contribution >= 4 is 11.8 Å². The SMILES string of the molecule is CSC1(Cn2nnnc2C(C)NCC(C)C)CCC1. The van der Waals surface area contributed by atoms with E-state index in [1.165, 1.54) is 19.3 Å². The number of aromatic nitrogens is 4. The second-order valence-electron chi connectivity index (χ2n) is 5.96. The largest absolute Gasteiger partial charge is 0.307 e. The molecule has 1 aromatic heterocycles. The fourth-order valence-corrected chi connectivity index (χ4v) is 3.36. The molecule has 0 amide bonds. The molecule has 1 aromatic rings. The molecule has 1 atom stereocenters. The molecule has 0 aromatic carbocycles. The van der Waals surface area contributed by atoms with E-state index in [2.05, 4.69) is 47.9 Å². The molecule has 5 nitrogen and oxygen atoms in total. The van der Waals surface area contributed by atoms with Gasteiger partial charge in [-0.25, -0.2) is 4.68 Å². The summed E-state index contributed by atoms with van der Waals surface area (Å²) in [5.41, 5.74) is 0. The summed E-state index contributed by atoms with van der Waals surface area (Å²) in [5.74, 6) is 1.59. The van der Waals surface area contributed by atoms with Gasteiger partial charge < -0.3 is 5.32 Å². The highest BCUT2D eigenvalue weighted by atomic mass is 32.2. The highest BCUT2D eigenvalue weighted by Crippen LogP contribution is 2.44. The van der Waals surface area contributed by atoms with Gasteiger partial charge in [0.15, 0.2) is 5.82 Å². The van der Waals surface area contributed by atoms with E-state index in [1.807, 2.05) is 16.4 Å². The molecule has 0 aliphatic heterocycles. The molecule has 2 rings (SSSR count). The normalized spacial score (nSPS) is 19.4. The van der Waals surface area contributed by atoms with Crippen LogP contribution in [0.4, 0.5) is 0 Å². The molecule has 1 unspecified atom stereocenters. The molecule has 6 heteroatoms. The van der Waals surface area contributed by atoms with Crippen LogP contribution in [0.2, 0.25) is 0 Å². The van der Waals surface area contributed by atoms with Crippen molar-refractivity contribution in [3.05, 3.63) is 5.82 Å². The van der Waals surface area contributed by atoms with Crippen LogP contribution in [0.25, 0.3) is 0 Å². The van der Waals surface area contributed by atoms with Gasteiger partial charge in [0.05, 0.1) is 12.6 Å². The molecular weight excluding hydrogens is 258 g/mol. The number of tetrazole rings is 1. The number of rotatable bonds is 7. The van der Waals surface area contributed by atoms with Crippen LogP contribution in [0, 0.1) is 5.92 Å². The maximum absolute atomic E-state index is 4.20. The first kappa shape index (κ1) is 14.8. The van der Waals surface area contributed by atoms with E-state index in [4.69, 9.17) is 0 Å². The Morgan fingerprint density at radius 1 is 1.37 bits per heavy atom.